The van der Waals surface area contributed by atoms with Crippen LogP contribution >= 0.6 is 11.3 Å². The van der Waals surface area contributed by atoms with Gasteiger partial charge in [-0.3, -0.25) is 4.79 Å². The average Bonchev–Trinajstić information content (AvgIpc) is 2.85. The van der Waals surface area contributed by atoms with Crippen molar-refractivity contribution < 1.29 is 9.21 Å². The van der Waals surface area contributed by atoms with Crippen LogP contribution in [0, 0.1) is 20.8 Å². The van der Waals surface area contributed by atoms with E-state index < -0.39 is 0 Å². The fourth-order valence-electron chi connectivity index (χ4n) is 1.78. The lowest BCUT2D eigenvalue weighted by atomic mass is 10.2. The lowest BCUT2D eigenvalue weighted by Crippen LogP contribution is -2.25. The largest absolute Gasteiger partial charge is 0.466 e. The van der Waals surface area contributed by atoms with Gasteiger partial charge < -0.3 is 9.73 Å². The molecule has 0 aliphatic carbocycles. The van der Waals surface area contributed by atoms with Crippen molar-refractivity contribution in [2.45, 2.75) is 27.2 Å². The summed E-state index contributed by atoms with van der Waals surface area (Å²) in [6.45, 7) is 6.20. The van der Waals surface area contributed by atoms with Crippen LogP contribution in [0.5, 0.6) is 0 Å². The van der Waals surface area contributed by atoms with Gasteiger partial charge >= 0.3 is 0 Å². The minimum atomic E-state index is -0.0868. The molecule has 2 heterocycles. The molecule has 0 fully saturated rings. The molecule has 0 atom stereocenters. The summed E-state index contributed by atoms with van der Waals surface area (Å²) in [6.07, 6.45) is 0.756. The second-order valence-corrected chi connectivity index (χ2v) is 5.25. The lowest BCUT2D eigenvalue weighted by Gasteiger charge is -2.02. The maximum absolute atomic E-state index is 11.9. The second kappa shape index (κ2) is 5.35. The topological polar surface area (TPSA) is 55.1 Å². The number of carbonyl (C=O) groups excluding carboxylic acids is 1. The molecule has 18 heavy (non-hydrogen) atoms. The number of thiazole rings is 1. The Hall–Kier alpha value is -1.62. The zero-order valence-corrected chi connectivity index (χ0v) is 11.6. The van der Waals surface area contributed by atoms with Gasteiger partial charge in [0.15, 0.2) is 0 Å². The highest BCUT2D eigenvalue weighted by atomic mass is 32.1. The number of amides is 1. The van der Waals surface area contributed by atoms with Crippen LogP contribution in [0.3, 0.4) is 0 Å². The first kappa shape index (κ1) is 12.8. The van der Waals surface area contributed by atoms with Crippen molar-refractivity contribution in [3.05, 3.63) is 39.2 Å². The summed E-state index contributed by atoms with van der Waals surface area (Å²) >= 11 is 1.63. The molecule has 0 saturated heterocycles. The van der Waals surface area contributed by atoms with Crippen molar-refractivity contribution >= 4 is 17.2 Å². The van der Waals surface area contributed by atoms with Gasteiger partial charge in [-0.1, -0.05) is 0 Å². The second-order valence-electron chi connectivity index (χ2n) is 4.19. The van der Waals surface area contributed by atoms with Crippen LogP contribution in [0.4, 0.5) is 0 Å². The maximum Gasteiger partial charge on any atom is 0.254 e. The fraction of sp³-hybridized carbons (Fsp3) is 0.385. The lowest BCUT2D eigenvalue weighted by molar-refractivity contribution is 0.0952. The number of hydrogen-bond donors (Lipinski definition) is 1. The first-order valence-corrected chi connectivity index (χ1v) is 6.70. The summed E-state index contributed by atoms with van der Waals surface area (Å²) in [5.74, 6) is 1.33. The Kier molecular flexibility index (Phi) is 3.81. The summed E-state index contributed by atoms with van der Waals surface area (Å²) in [5, 5.41) is 5.95. The van der Waals surface area contributed by atoms with Gasteiger partial charge in [0.05, 0.1) is 16.3 Å². The molecule has 0 aliphatic heterocycles. The molecule has 0 spiro atoms. The molecule has 1 N–H and O–H groups in total. The van der Waals surface area contributed by atoms with Crippen LogP contribution in [0.1, 0.15) is 32.6 Å². The normalized spacial score (nSPS) is 10.6. The Morgan fingerprint density at radius 2 is 2.22 bits per heavy atom. The highest BCUT2D eigenvalue weighted by molar-refractivity contribution is 7.09. The van der Waals surface area contributed by atoms with Gasteiger partial charge in [0.2, 0.25) is 0 Å². The van der Waals surface area contributed by atoms with Crippen molar-refractivity contribution in [3.63, 3.8) is 0 Å². The fourth-order valence-corrected chi connectivity index (χ4v) is 2.43. The van der Waals surface area contributed by atoms with E-state index in [0.717, 1.165) is 22.9 Å². The predicted octanol–water partition coefficient (Wildman–Crippen LogP) is 2.63. The van der Waals surface area contributed by atoms with E-state index in [-0.39, 0.29) is 5.91 Å². The van der Waals surface area contributed by atoms with E-state index in [0.29, 0.717) is 17.9 Å². The SMILES string of the molecule is Cc1cc(C(=O)NCCc2csc(C)n2)c(C)o1. The van der Waals surface area contributed by atoms with Crippen LogP contribution in [0.25, 0.3) is 0 Å². The molecular weight excluding hydrogens is 248 g/mol. The van der Waals surface area contributed by atoms with Crippen molar-refractivity contribution in [3.8, 4) is 0 Å². The van der Waals surface area contributed by atoms with Gasteiger partial charge in [-0.15, -0.1) is 11.3 Å². The van der Waals surface area contributed by atoms with Crippen LogP contribution < -0.4 is 5.32 Å². The van der Waals surface area contributed by atoms with E-state index in [1.807, 2.05) is 19.2 Å². The van der Waals surface area contributed by atoms with Crippen molar-refractivity contribution in [1.82, 2.24) is 10.3 Å². The molecular formula is C13H16N2O2S. The van der Waals surface area contributed by atoms with E-state index in [2.05, 4.69) is 10.3 Å². The molecule has 2 rings (SSSR count). The van der Waals surface area contributed by atoms with Crippen molar-refractivity contribution in [2.75, 3.05) is 6.54 Å². The quantitative estimate of drug-likeness (QED) is 0.923. The third-order valence-corrected chi connectivity index (χ3v) is 3.44. The van der Waals surface area contributed by atoms with E-state index in [9.17, 15) is 4.79 Å². The molecule has 0 aromatic carbocycles. The third kappa shape index (κ3) is 2.98. The van der Waals surface area contributed by atoms with Gasteiger partial charge in [0.25, 0.3) is 5.91 Å². The minimum Gasteiger partial charge on any atom is -0.466 e. The molecule has 0 unspecified atom stereocenters. The number of hydrogen-bond acceptors (Lipinski definition) is 4. The Morgan fingerprint density at radius 1 is 1.44 bits per heavy atom. The van der Waals surface area contributed by atoms with Gasteiger partial charge in [-0.05, 0) is 26.8 Å². The molecule has 0 bridgehead atoms. The molecule has 2 aromatic rings. The Morgan fingerprint density at radius 3 is 2.78 bits per heavy atom. The number of furan rings is 1. The summed E-state index contributed by atoms with van der Waals surface area (Å²) in [4.78, 5) is 16.2. The smallest absolute Gasteiger partial charge is 0.254 e. The van der Waals surface area contributed by atoms with Crippen molar-refractivity contribution in [2.24, 2.45) is 0 Å². The van der Waals surface area contributed by atoms with Crippen LogP contribution in [-0.4, -0.2) is 17.4 Å². The maximum atomic E-state index is 11.9. The first-order valence-electron chi connectivity index (χ1n) is 5.82. The number of aromatic nitrogens is 1. The summed E-state index contributed by atoms with van der Waals surface area (Å²) in [7, 11) is 0. The highest BCUT2D eigenvalue weighted by Gasteiger charge is 2.12. The van der Waals surface area contributed by atoms with E-state index >= 15 is 0 Å². The molecule has 0 saturated carbocycles. The highest BCUT2D eigenvalue weighted by Crippen LogP contribution is 2.13. The molecule has 0 aliphatic rings. The number of nitrogens with zero attached hydrogens (tertiary/aromatic N) is 1. The first-order chi connectivity index (χ1) is 8.56. The van der Waals surface area contributed by atoms with Gasteiger partial charge in [-0.25, -0.2) is 4.98 Å². The molecule has 0 radical (unpaired) electrons. The van der Waals surface area contributed by atoms with Gasteiger partial charge in [-0.2, -0.15) is 0 Å². The zero-order valence-electron chi connectivity index (χ0n) is 10.7. The number of aryl methyl sites for hydroxylation is 3. The Balaban J connectivity index is 1.87. The number of nitrogens with one attached hydrogen (secondary N) is 1. The number of rotatable bonds is 4. The standard InChI is InChI=1S/C13H16N2O2S/c1-8-6-12(9(2)17-8)13(16)14-5-4-11-7-18-10(3)15-11/h6-7H,4-5H2,1-3H3,(H,14,16). The van der Waals surface area contributed by atoms with E-state index in [1.54, 1.807) is 24.3 Å². The summed E-state index contributed by atoms with van der Waals surface area (Å²) < 4.78 is 5.33. The summed E-state index contributed by atoms with van der Waals surface area (Å²) in [5.41, 5.74) is 1.64. The molecule has 96 valence electrons. The minimum absolute atomic E-state index is 0.0868. The Labute approximate surface area is 110 Å². The van der Waals surface area contributed by atoms with Crippen LogP contribution in [-0.2, 0) is 6.42 Å². The monoisotopic (exact) mass is 264 g/mol. The van der Waals surface area contributed by atoms with Gasteiger partial charge in [0.1, 0.15) is 11.5 Å². The number of carbonyl (C=O) groups is 1. The summed E-state index contributed by atoms with van der Waals surface area (Å²) in [6, 6.07) is 1.76. The van der Waals surface area contributed by atoms with E-state index in [1.165, 1.54) is 0 Å². The average molecular weight is 264 g/mol. The van der Waals surface area contributed by atoms with E-state index in [4.69, 9.17) is 4.42 Å². The molecule has 1 amide bonds. The van der Waals surface area contributed by atoms with Gasteiger partial charge in [0, 0.05) is 18.3 Å². The van der Waals surface area contributed by atoms with Crippen molar-refractivity contribution in [1.29, 1.82) is 0 Å². The Bertz CT molecular complexity index is 557. The predicted molar refractivity (Wildman–Crippen MR) is 71.1 cm³/mol. The zero-order chi connectivity index (χ0) is 13.1. The molecule has 2 aromatic heterocycles. The van der Waals surface area contributed by atoms with Crippen LogP contribution in [0.2, 0.25) is 0 Å². The molecule has 4 nitrogen and oxygen atoms in total. The molecule has 5 heteroatoms. The van der Waals surface area contributed by atoms with Crippen LogP contribution in [0.15, 0.2) is 15.9 Å². The third-order valence-electron chi connectivity index (χ3n) is 2.62.